The van der Waals surface area contributed by atoms with Crippen molar-refractivity contribution in [2.24, 2.45) is 0 Å². The highest BCUT2D eigenvalue weighted by Crippen LogP contribution is 2.25. The Morgan fingerprint density at radius 1 is 1.27 bits per heavy atom. The molecule has 58 valence electrons. The Morgan fingerprint density at radius 3 is 2.36 bits per heavy atom. The second-order valence-electron chi connectivity index (χ2n) is 1.85. The number of Topliss-reactive ketones (excluding diaryl/α,β-unsaturated/α-hetero) is 1. The van der Waals surface area contributed by atoms with Gasteiger partial charge in [0.15, 0.2) is 11.5 Å². The number of hydrogen-bond acceptors (Lipinski definition) is 3. The average Bonchev–Trinajstić information content (AvgIpc) is 1.97. The molecule has 0 saturated heterocycles. The second-order valence-corrected chi connectivity index (χ2v) is 4.09. The van der Waals surface area contributed by atoms with Crippen molar-refractivity contribution in [3.8, 4) is 0 Å². The fourth-order valence-corrected chi connectivity index (χ4v) is 1.51. The highest BCUT2D eigenvalue weighted by atomic mass is 127. The van der Waals surface area contributed by atoms with Crippen LogP contribution in [0.3, 0.4) is 0 Å². The first kappa shape index (κ1) is 9.17. The van der Waals surface area contributed by atoms with E-state index >= 15 is 0 Å². The van der Waals surface area contributed by atoms with Crippen molar-refractivity contribution in [2.45, 2.75) is 0 Å². The van der Waals surface area contributed by atoms with E-state index in [1.165, 1.54) is 6.08 Å². The molecule has 0 aromatic rings. The second kappa shape index (κ2) is 3.21. The van der Waals surface area contributed by atoms with Crippen molar-refractivity contribution in [2.75, 3.05) is 0 Å². The van der Waals surface area contributed by atoms with Gasteiger partial charge in [-0.05, 0) is 45.2 Å². The SMILES string of the molecule is O=C1C=C(I)C(=O)C(O)=C1I. The van der Waals surface area contributed by atoms with Gasteiger partial charge in [0.05, 0.1) is 3.58 Å². The Balaban J connectivity index is 3.19. The summed E-state index contributed by atoms with van der Waals surface area (Å²) in [4.78, 5) is 21.8. The van der Waals surface area contributed by atoms with Gasteiger partial charge >= 0.3 is 0 Å². The summed E-state index contributed by atoms with van der Waals surface area (Å²) in [5, 5.41) is 9.04. The highest BCUT2D eigenvalue weighted by Gasteiger charge is 2.24. The minimum atomic E-state index is -0.477. The molecule has 0 heterocycles. The molecule has 0 fully saturated rings. The zero-order valence-electron chi connectivity index (χ0n) is 5.10. The Kier molecular flexibility index (Phi) is 2.68. The lowest BCUT2D eigenvalue weighted by Crippen LogP contribution is -2.13. The Morgan fingerprint density at radius 2 is 1.82 bits per heavy atom. The Bertz CT molecular complexity index is 301. The lowest BCUT2D eigenvalue weighted by Gasteiger charge is -2.05. The first-order chi connectivity index (χ1) is 5.04. The predicted molar refractivity (Wildman–Crippen MR) is 55.8 cm³/mol. The van der Waals surface area contributed by atoms with Crippen LogP contribution in [-0.4, -0.2) is 16.7 Å². The van der Waals surface area contributed by atoms with E-state index in [1.54, 1.807) is 45.2 Å². The molecule has 0 aromatic heterocycles. The number of allylic oxidation sites excluding steroid dienone is 3. The highest BCUT2D eigenvalue weighted by molar-refractivity contribution is 14.1. The van der Waals surface area contributed by atoms with Crippen LogP contribution in [0.2, 0.25) is 0 Å². The van der Waals surface area contributed by atoms with Gasteiger partial charge in [0.25, 0.3) is 0 Å². The van der Waals surface area contributed by atoms with Crippen molar-refractivity contribution >= 4 is 56.7 Å². The zero-order chi connectivity index (χ0) is 8.59. The molecule has 1 rings (SSSR count). The summed E-state index contributed by atoms with van der Waals surface area (Å²) < 4.78 is 0.346. The van der Waals surface area contributed by atoms with Crippen LogP contribution >= 0.6 is 45.2 Å². The molecule has 0 unspecified atom stereocenters. The number of aliphatic hydroxyl groups is 1. The third kappa shape index (κ3) is 1.63. The fraction of sp³-hybridized carbons (Fsp3) is 0. The van der Waals surface area contributed by atoms with Gasteiger partial charge in [-0.2, -0.15) is 0 Å². The summed E-state index contributed by atoms with van der Waals surface area (Å²) in [5.41, 5.74) is 0. The molecule has 0 saturated carbocycles. The molecular weight excluding hydrogens is 374 g/mol. The summed E-state index contributed by atoms with van der Waals surface area (Å²) in [6.07, 6.45) is 1.21. The van der Waals surface area contributed by atoms with Gasteiger partial charge in [-0.15, -0.1) is 0 Å². The van der Waals surface area contributed by atoms with Crippen LogP contribution in [0.25, 0.3) is 0 Å². The van der Waals surface area contributed by atoms with Crippen molar-refractivity contribution in [3.05, 3.63) is 19.0 Å². The van der Waals surface area contributed by atoms with Crippen LogP contribution in [0, 0.1) is 0 Å². The third-order valence-corrected chi connectivity index (χ3v) is 2.96. The van der Waals surface area contributed by atoms with Crippen molar-refractivity contribution in [3.63, 3.8) is 0 Å². The number of halogens is 2. The van der Waals surface area contributed by atoms with Gasteiger partial charge in [-0.3, -0.25) is 9.59 Å². The average molecular weight is 376 g/mol. The molecule has 0 aliphatic heterocycles. The predicted octanol–water partition coefficient (Wildman–Crippen LogP) is 1.66. The van der Waals surface area contributed by atoms with E-state index in [0.717, 1.165) is 0 Å². The number of rotatable bonds is 0. The van der Waals surface area contributed by atoms with Crippen molar-refractivity contribution < 1.29 is 14.7 Å². The van der Waals surface area contributed by atoms with E-state index in [1.807, 2.05) is 0 Å². The maximum Gasteiger partial charge on any atom is 0.234 e. The standard InChI is InChI=1S/C6H2I2O3/c7-2-1-3(9)4(8)6(11)5(2)10/h1,11H. The quantitative estimate of drug-likeness (QED) is 0.517. The molecule has 0 amide bonds. The Labute approximate surface area is 89.8 Å². The number of carbonyl (C=O) groups is 2. The minimum absolute atomic E-state index is 0.0908. The van der Waals surface area contributed by atoms with Crippen LogP contribution in [0.5, 0.6) is 0 Å². The summed E-state index contributed by atoms with van der Waals surface area (Å²) in [6, 6.07) is 0. The van der Waals surface area contributed by atoms with Gasteiger partial charge in [-0.25, -0.2) is 0 Å². The first-order valence-corrected chi connectivity index (χ1v) is 4.74. The molecule has 5 heteroatoms. The van der Waals surface area contributed by atoms with Crippen LogP contribution in [-0.2, 0) is 9.59 Å². The van der Waals surface area contributed by atoms with Crippen molar-refractivity contribution in [1.82, 2.24) is 0 Å². The van der Waals surface area contributed by atoms with Crippen LogP contribution in [0.15, 0.2) is 19.0 Å². The summed E-state index contributed by atoms with van der Waals surface area (Å²) in [5.74, 6) is -1.23. The molecule has 1 aliphatic carbocycles. The molecule has 0 aromatic carbocycles. The molecule has 0 spiro atoms. The molecule has 1 N–H and O–H groups in total. The van der Waals surface area contributed by atoms with Crippen molar-refractivity contribution in [1.29, 1.82) is 0 Å². The summed E-state index contributed by atoms with van der Waals surface area (Å²) in [6.45, 7) is 0. The molecule has 1 aliphatic rings. The van der Waals surface area contributed by atoms with E-state index in [4.69, 9.17) is 5.11 Å². The maximum absolute atomic E-state index is 10.9. The van der Waals surface area contributed by atoms with E-state index < -0.39 is 11.5 Å². The molecule has 11 heavy (non-hydrogen) atoms. The van der Waals surface area contributed by atoms with Gasteiger partial charge in [0.2, 0.25) is 5.78 Å². The number of hydrogen-bond donors (Lipinski definition) is 1. The third-order valence-electron chi connectivity index (χ3n) is 1.11. The van der Waals surface area contributed by atoms with E-state index in [9.17, 15) is 9.59 Å². The van der Waals surface area contributed by atoms with E-state index in [0.29, 0.717) is 0 Å². The van der Waals surface area contributed by atoms with Gasteiger partial charge in [0, 0.05) is 6.08 Å². The van der Waals surface area contributed by atoms with Gasteiger partial charge < -0.3 is 5.11 Å². The largest absolute Gasteiger partial charge is 0.503 e. The fourth-order valence-electron chi connectivity index (χ4n) is 0.573. The lowest BCUT2D eigenvalue weighted by molar-refractivity contribution is -0.116. The topological polar surface area (TPSA) is 54.4 Å². The first-order valence-electron chi connectivity index (χ1n) is 2.59. The summed E-state index contributed by atoms with van der Waals surface area (Å²) in [7, 11) is 0. The maximum atomic E-state index is 10.9. The molecule has 3 nitrogen and oxygen atoms in total. The number of ketones is 2. The van der Waals surface area contributed by atoms with Crippen LogP contribution < -0.4 is 0 Å². The lowest BCUT2D eigenvalue weighted by atomic mass is 10.1. The normalized spacial score (nSPS) is 18.9. The minimum Gasteiger partial charge on any atom is -0.503 e. The van der Waals surface area contributed by atoms with E-state index in [-0.39, 0.29) is 12.9 Å². The van der Waals surface area contributed by atoms with Crippen LogP contribution in [0.4, 0.5) is 0 Å². The zero-order valence-corrected chi connectivity index (χ0v) is 9.41. The van der Waals surface area contributed by atoms with Gasteiger partial charge in [-0.1, -0.05) is 0 Å². The Hall–Kier alpha value is 0.0800. The van der Waals surface area contributed by atoms with Crippen LogP contribution in [0.1, 0.15) is 0 Å². The smallest absolute Gasteiger partial charge is 0.234 e. The molecular formula is C6H2I2O3. The number of aliphatic hydroxyl groups excluding tert-OH is 1. The molecule has 0 radical (unpaired) electrons. The monoisotopic (exact) mass is 376 g/mol. The molecule has 0 atom stereocenters. The van der Waals surface area contributed by atoms with E-state index in [2.05, 4.69) is 0 Å². The summed E-state index contributed by atoms with van der Waals surface area (Å²) >= 11 is 3.36. The number of carbonyl (C=O) groups excluding carboxylic acids is 2. The molecule has 0 bridgehead atoms. The van der Waals surface area contributed by atoms with Gasteiger partial charge in [0.1, 0.15) is 3.58 Å².